The molecule has 0 radical (unpaired) electrons. The Balaban J connectivity index is 1.80. The molecule has 4 heteroatoms. The Morgan fingerprint density at radius 1 is 1.12 bits per heavy atom. The first-order valence-electron chi connectivity index (χ1n) is 9.31. The number of halogens is 3. The van der Waals surface area contributed by atoms with Crippen molar-refractivity contribution in [1.29, 1.82) is 0 Å². The predicted octanol–water partition coefficient (Wildman–Crippen LogP) is 6.10. The standard InChI is InChI=1S/C20H27F3O/c1-3-5-13-6-8-14(9-7-13)16-12-15-10-11-17(24-4-2)19(21)18(15)20(16,22)23/h10-11,13-14,16H,3-9,12H2,1-2H3. The van der Waals surface area contributed by atoms with E-state index < -0.39 is 23.2 Å². The average Bonchev–Trinajstić information content (AvgIpc) is 2.83. The van der Waals surface area contributed by atoms with E-state index in [1.54, 1.807) is 13.0 Å². The van der Waals surface area contributed by atoms with Crippen molar-refractivity contribution in [1.82, 2.24) is 0 Å². The minimum Gasteiger partial charge on any atom is -0.491 e. The van der Waals surface area contributed by atoms with E-state index in [9.17, 15) is 4.39 Å². The molecule has 0 bridgehead atoms. The average molecular weight is 340 g/mol. The molecule has 0 aromatic heterocycles. The van der Waals surface area contributed by atoms with E-state index in [1.807, 2.05) is 0 Å². The summed E-state index contributed by atoms with van der Waals surface area (Å²) in [7, 11) is 0. The van der Waals surface area contributed by atoms with Gasteiger partial charge >= 0.3 is 0 Å². The van der Waals surface area contributed by atoms with E-state index in [4.69, 9.17) is 4.74 Å². The molecule has 1 fully saturated rings. The summed E-state index contributed by atoms with van der Waals surface area (Å²) in [5.74, 6) is -4.08. The zero-order valence-electron chi connectivity index (χ0n) is 14.6. The van der Waals surface area contributed by atoms with Gasteiger partial charge in [-0.05, 0) is 49.7 Å². The fraction of sp³-hybridized carbons (Fsp3) is 0.700. The minimum atomic E-state index is -3.09. The lowest BCUT2D eigenvalue weighted by Crippen LogP contribution is -2.31. The van der Waals surface area contributed by atoms with E-state index in [1.165, 1.54) is 12.5 Å². The first kappa shape index (κ1) is 17.6. The van der Waals surface area contributed by atoms with Crippen LogP contribution in [0.4, 0.5) is 13.2 Å². The summed E-state index contributed by atoms with van der Waals surface area (Å²) < 4.78 is 49.8. The van der Waals surface area contributed by atoms with Gasteiger partial charge in [-0.1, -0.05) is 38.7 Å². The van der Waals surface area contributed by atoms with Crippen molar-refractivity contribution in [3.05, 3.63) is 29.1 Å². The summed E-state index contributed by atoms with van der Waals surface area (Å²) in [5.41, 5.74) is 0.0516. The van der Waals surface area contributed by atoms with Crippen LogP contribution in [0.1, 0.15) is 63.5 Å². The molecule has 0 aliphatic heterocycles. The van der Waals surface area contributed by atoms with Gasteiger partial charge in [0, 0.05) is 5.92 Å². The van der Waals surface area contributed by atoms with E-state index in [0.29, 0.717) is 11.5 Å². The second-order valence-corrected chi connectivity index (χ2v) is 7.35. The number of fused-ring (bicyclic) bond motifs is 1. The zero-order valence-corrected chi connectivity index (χ0v) is 14.6. The molecule has 0 N–H and O–H groups in total. The monoisotopic (exact) mass is 340 g/mol. The normalized spacial score (nSPS) is 28.6. The lowest BCUT2D eigenvalue weighted by molar-refractivity contribution is -0.0842. The van der Waals surface area contributed by atoms with Crippen LogP contribution < -0.4 is 4.74 Å². The molecule has 1 unspecified atom stereocenters. The Kier molecular flexibility index (Phi) is 5.12. The quantitative estimate of drug-likeness (QED) is 0.630. The van der Waals surface area contributed by atoms with Crippen molar-refractivity contribution in [3.8, 4) is 5.75 Å². The Morgan fingerprint density at radius 3 is 2.46 bits per heavy atom. The lowest BCUT2D eigenvalue weighted by Gasteiger charge is -2.34. The van der Waals surface area contributed by atoms with Crippen molar-refractivity contribution in [3.63, 3.8) is 0 Å². The Bertz CT molecular complexity index is 576. The van der Waals surface area contributed by atoms with Gasteiger partial charge in [-0.15, -0.1) is 0 Å². The molecule has 0 spiro atoms. The summed E-state index contributed by atoms with van der Waals surface area (Å²) in [6.07, 6.45) is 6.40. The second kappa shape index (κ2) is 6.97. The van der Waals surface area contributed by atoms with Gasteiger partial charge in [0.1, 0.15) is 0 Å². The summed E-state index contributed by atoms with van der Waals surface area (Å²) in [4.78, 5) is 0. The Labute approximate surface area is 142 Å². The van der Waals surface area contributed by atoms with Gasteiger partial charge in [0.15, 0.2) is 11.6 Å². The van der Waals surface area contributed by atoms with E-state index in [-0.39, 0.29) is 24.7 Å². The van der Waals surface area contributed by atoms with Crippen molar-refractivity contribution >= 4 is 0 Å². The fourth-order valence-electron chi connectivity index (χ4n) is 4.70. The van der Waals surface area contributed by atoms with Crippen LogP contribution in [0, 0.1) is 23.6 Å². The predicted molar refractivity (Wildman–Crippen MR) is 89.0 cm³/mol. The lowest BCUT2D eigenvalue weighted by atomic mass is 9.73. The molecule has 1 atom stereocenters. The van der Waals surface area contributed by atoms with Gasteiger partial charge in [0.05, 0.1) is 12.2 Å². The zero-order chi connectivity index (χ0) is 17.3. The van der Waals surface area contributed by atoms with Gasteiger partial charge in [0.25, 0.3) is 5.92 Å². The van der Waals surface area contributed by atoms with Crippen molar-refractivity contribution < 1.29 is 17.9 Å². The SMILES string of the molecule is CCCC1CCC(C2Cc3ccc(OCC)c(F)c3C2(F)F)CC1. The van der Waals surface area contributed by atoms with Crippen LogP contribution in [0.5, 0.6) is 5.75 Å². The van der Waals surface area contributed by atoms with E-state index >= 15 is 8.78 Å². The maximum absolute atomic E-state index is 15.0. The van der Waals surface area contributed by atoms with Crippen molar-refractivity contribution in [2.75, 3.05) is 6.61 Å². The maximum Gasteiger partial charge on any atom is 0.279 e. The number of hydrogen-bond donors (Lipinski definition) is 0. The third-order valence-corrected chi connectivity index (χ3v) is 5.89. The van der Waals surface area contributed by atoms with Gasteiger partial charge in [0.2, 0.25) is 0 Å². The van der Waals surface area contributed by atoms with Crippen LogP contribution >= 0.6 is 0 Å². The van der Waals surface area contributed by atoms with Crippen LogP contribution in [0.3, 0.4) is 0 Å². The van der Waals surface area contributed by atoms with Gasteiger partial charge in [-0.2, -0.15) is 0 Å². The number of hydrogen-bond acceptors (Lipinski definition) is 1. The molecule has 1 aromatic carbocycles. The Hall–Kier alpha value is -1.19. The molecular formula is C20H27F3O. The summed E-state index contributed by atoms with van der Waals surface area (Å²) in [6, 6.07) is 3.12. The van der Waals surface area contributed by atoms with Gasteiger partial charge in [-0.25, -0.2) is 13.2 Å². The number of ether oxygens (including phenoxy) is 1. The molecule has 2 aliphatic rings. The smallest absolute Gasteiger partial charge is 0.279 e. The van der Waals surface area contributed by atoms with Crippen molar-refractivity contribution in [2.24, 2.45) is 17.8 Å². The first-order valence-corrected chi connectivity index (χ1v) is 9.31. The molecule has 0 heterocycles. The van der Waals surface area contributed by atoms with Gasteiger partial charge < -0.3 is 4.74 Å². The largest absolute Gasteiger partial charge is 0.491 e. The van der Waals surface area contributed by atoms with Gasteiger partial charge in [-0.3, -0.25) is 0 Å². The third kappa shape index (κ3) is 3.04. The number of alkyl halides is 2. The van der Waals surface area contributed by atoms with Crippen LogP contribution in [0.15, 0.2) is 12.1 Å². The molecule has 1 aromatic rings. The van der Waals surface area contributed by atoms with E-state index in [0.717, 1.165) is 32.1 Å². The summed E-state index contributed by atoms with van der Waals surface area (Å²) in [6.45, 7) is 4.17. The second-order valence-electron chi connectivity index (χ2n) is 7.35. The van der Waals surface area contributed by atoms with Crippen molar-refractivity contribution in [2.45, 2.75) is 64.7 Å². The molecule has 2 aliphatic carbocycles. The molecule has 3 rings (SSSR count). The maximum atomic E-state index is 15.0. The molecule has 134 valence electrons. The number of benzene rings is 1. The van der Waals surface area contributed by atoms with Crippen LogP contribution in [0.25, 0.3) is 0 Å². The minimum absolute atomic E-state index is 0.00421. The molecule has 1 nitrogen and oxygen atoms in total. The number of rotatable bonds is 5. The first-order chi connectivity index (χ1) is 11.5. The molecular weight excluding hydrogens is 313 g/mol. The highest BCUT2D eigenvalue weighted by Gasteiger charge is 2.53. The van der Waals surface area contributed by atoms with Crippen LogP contribution in [-0.4, -0.2) is 6.61 Å². The van der Waals surface area contributed by atoms with E-state index in [2.05, 4.69) is 6.92 Å². The third-order valence-electron chi connectivity index (χ3n) is 5.89. The fourth-order valence-corrected chi connectivity index (χ4v) is 4.70. The highest BCUT2D eigenvalue weighted by atomic mass is 19.3. The molecule has 24 heavy (non-hydrogen) atoms. The highest BCUT2D eigenvalue weighted by Crippen LogP contribution is 2.54. The molecule has 1 saturated carbocycles. The molecule has 0 amide bonds. The Morgan fingerprint density at radius 2 is 1.83 bits per heavy atom. The van der Waals surface area contributed by atoms with Crippen LogP contribution in [0.2, 0.25) is 0 Å². The highest BCUT2D eigenvalue weighted by molar-refractivity contribution is 5.44. The van der Waals surface area contributed by atoms with Crippen LogP contribution in [-0.2, 0) is 12.3 Å². The topological polar surface area (TPSA) is 9.23 Å². The summed E-state index contributed by atoms with van der Waals surface area (Å²) in [5, 5.41) is 0. The summed E-state index contributed by atoms with van der Waals surface area (Å²) >= 11 is 0. The molecule has 0 saturated heterocycles.